The lowest BCUT2D eigenvalue weighted by atomic mass is 10.1. The summed E-state index contributed by atoms with van der Waals surface area (Å²) in [5.41, 5.74) is 1.45. The fourth-order valence-electron chi connectivity index (χ4n) is 2.64. The van der Waals surface area contributed by atoms with E-state index in [1.54, 1.807) is 4.68 Å². The van der Waals surface area contributed by atoms with Gasteiger partial charge in [0.1, 0.15) is 0 Å². The lowest BCUT2D eigenvalue weighted by Crippen LogP contribution is -2.35. The molecule has 0 aliphatic carbocycles. The van der Waals surface area contributed by atoms with Gasteiger partial charge in [0, 0.05) is 25.6 Å². The maximum atomic E-state index is 12.3. The van der Waals surface area contributed by atoms with Crippen molar-refractivity contribution in [1.29, 1.82) is 0 Å². The minimum absolute atomic E-state index is 0.129. The fraction of sp³-hybridized carbons (Fsp3) is 0.467. The molecule has 20 heavy (non-hydrogen) atoms. The standard InChI is InChI=1S/C15H19N3O2/c1-18-13-8-3-2-7-12(13)14(17-18)15(19)16-10-11-6-4-5-9-20-11/h2-3,7-8,11H,4-6,9-10H2,1H3,(H,16,19)/t11-/m0/s1. The van der Waals surface area contributed by atoms with Crippen molar-refractivity contribution in [3.63, 3.8) is 0 Å². The van der Waals surface area contributed by atoms with Crippen molar-refractivity contribution in [3.8, 4) is 0 Å². The van der Waals surface area contributed by atoms with Crippen molar-refractivity contribution in [3.05, 3.63) is 30.0 Å². The molecule has 3 rings (SSSR count). The lowest BCUT2D eigenvalue weighted by Gasteiger charge is -2.22. The molecule has 5 heteroatoms. The van der Waals surface area contributed by atoms with E-state index in [0.717, 1.165) is 30.4 Å². The van der Waals surface area contributed by atoms with Gasteiger partial charge in [-0.15, -0.1) is 0 Å². The van der Waals surface area contributed by atoms with Crippen LogP contribution in [0.2, 0.25) is 0 Å². The second-order valence-corrected chi connectivity index (χ2v) is 5.19. The molecular weight excluding hydrogens is 254 g/mol. The summed E-state index contributed by atoms with van der Waals surface area (Å²) in [4.78, 5) is 12.3. The third kappa shape index (κ3) is 2.54. The summed E-state index contributed by atoms with van der Waals surface area (Å²) in [6, 6.07) is 7.75. The lowest BCUT2D eigenvalue weighted by molar-refractivity contribution is 0.0168. The quantitative estimate of drug-likeness (QED) is 0.929. The van der Waals surface area contributed by atoms with Gasteiger partial charge < -0.3 is 10.1 Å². The third-order valence-electron chi connectivity index (χ3n) is 3.74. The van der Waals surface area contributed by atoms with Gasteiger partial charge in [-0.2, -0.15) is 5.10 Å². The number of rotatable bonds is 3. The maximum absolute atomic E-state index is 12.3. The van der Waals surface area contributed by atoms with Gasteiger partial charge in [-0.3, -0.25) is 9.48 Å². The smallest absolute Gasteiger partial charge is 0.272 e. The van der Waals surface area contributed by atoms with Crippen LogP contribution in [-0.2, 0) is 11.8 Å². The Balaban J connectivity index is 1.72. The normalized spacial score (nSPS) is 19.1. The molecule has 0 spiro atoms. The van der Waals surface area contributed by atoms with Gasteiger partial charge in [-0.1, -0.05) is 18.2 Å². The van der Waals surface area contributed by atoms with Crippen LogP contribution in [0.1, 0.15) is 29.8 Å². The van der Waals surface area contributed by atoms with Gasteiger partial charge in [-0.25, -0.2) is 0 Å². The van der Waals surface area contributed by atoms with Gasteiger partial charge >= 0.3 is 0 Å². The molecule has 1 atom stereocenters. The Morgan fingerprint density at radius 2 is 2.30 bits per heavy atom. The van der Waals surface area contributed by atoms with Crippen LogP contribution in [0.3, 0.4) is 0 Å². The van der Waals surface area contributed by atoms with Crippen LogP contribution in [0.4, 0.5) is 0 Å². The number of carbonyl (C=O) groups is 1. The highest BCUT2D eigenvalue weighted by molar-refractivity contribution is 6.04. The number of benzene rings is 1. The topological polar surface area (TPSA) is 56.2 Å². The highest BCUT2D eigenvalue weighted by Crippen LogP contribution is 2.17. The van der Waals surface area contributed by atoms with Crippen molar-refractivity contribution in [2.75, 3.05) is 13.2 Å². The molecule has 2 aromatic rings. The predicted molar refractivity (Wildman–Crippen MR) is 76.6 cm³/mol. The first-order chi connectivity index (χ1) is 9.75. The zero-order valence-corrected chi connectivity index (χ0v) is 11.6. The Morgan fingerprint density at radius 3 is 3.10 bits per heavy atom. The zero-order valence-electron chi connectivity index (χ0n) is 11.6. The Labute approximate surface area is 117 Å². The van der Waals surface area contributed by atoms with E-state index in [-0.39, 0.29) is 12.0 Å². The number of ether oxygens (including phenoxy) is 1. The number of nitrogens with one attached hydrogen (secondary N) is 1. The number of para-hydroxylation sites is 1. The molecule has 1 aliphatic rings. The van der Waals surface area contributed by atoms with E-state index >= 15 is 0 Å². The van der Waals surface area contributed by atoms with Crippen molar-refractivity contribution in [1.82, 2.24) is 15.1 Å². The van der Waals surface area contributed by atoms with E-state index in [1.165, 1.54) is 6.42 Å². The van der Waals surface area contributed by atoms with Gasteiger partial charge in [-0.05, 0) is 25.3 Å². The van der Waals surface area contributed by atoms with Crippen molar-refractivity contribution in [2.45, 2.75) is 25.4 Å². The van der Waals surface area contributed by atoms with Crippen LogP contribution in [0.5, 0.6) is 0 Å². The summed E-state index contributed by atoms with van der Waals surface area (Å²) in [6.45, 7) is 1.36. The number of hydrogen-bond acceptors (Lipinski definition) is 3. The molecule has 1 N–H and O–H groups in total. The molecule has 0 unspecified atom stereocenters. The SMILES string of the molecule is Cn1nc(C(=O)NC[C@@H]2CCCCO2)c2ccccc21. The van der Waals surface area contributed by atoms with Crippen molar-refractivity contribution < 1.29 is 9.53 Å². The summed E-state index contributed by atoms with van der Waals surface area (Å²) in [6.07, 6.45) is 3.45. The van der Waals surface area contributed by atoms with Gasteiger partial charge in [0.05, 0.1) is 11.6 Å². The fourth-order valence-corrected chi connectivity index (χ4v) is 2.64. The second-order valence-electron chi connectivity index (χ2n) is 5.19. The second kappa shape index (κ2) is 5.63. The Bertz CT molecular complexity index is 615. The molecule has 1 fully saturated rings. The first-order valence-corrected chi connectivity index (χ1v) is 7.07. The number of carbonyl (C=O) groups excluding carboxylic acids is 1. The third-order valence-corrected chi connectivity index (χ3v) is 3.74. The number of hydrogen-bond donors (Lipinski definition) is 1. The van der Waals surface area contributed by atoms with Crippen LogP contribution in [0, 0.1) is 0 Å². The summed E-state index contributed by atoms with van der Waals surface area (Å²) in [7, 11) is 1.85. The first kappa shape index (κ1) is 13.1. The van der Waals surface area contributed by atoms with Crippen LogP contribution in [-0.4, -0.2) is 34.9 Å². The van der Waals surface area contributed by atoms with Crippen LogP contribution >= 0.6 is 0 Å². The Kier molecular flexibility index (Phi) is 3.69. The van der Waals surface area contributed by atoms with E-state index in [4.69, 9.17) is 4.74 Å². The van der Waals surface area contributed by atoms with Crippen LogP contribution in [0.15, 0.2) is 24.3 Å². The van der Waals surface area contributed by atoms with E-state index in [0.29, 0.717) is 12.2 Å². The number of amides is 1. The van der Waals surface area contributed by atoms with Gasteiger partial charge in [0.2, 0.25) is 0 Å². The molecule has 1 amide bonds. The molecule has 1 aliphatic heterocycles. The van der Waals surface area contributed by atoms with Crippen molar-refractivity contribution >= 4 is 16.8 Å². The molecule has 0 saturated carbocycles. The van der Waals surface area contributed by atoms with E-state index in [9.17, 15) is 4.79 Å². The largest absolute Gasteiger partial charge is 0.376 e. The maximum Gasteiger partial charge on any atom is 0.272 e. The number of aromatic nitrogens is 2. The van der Waals surface area contributed by atoms with E-state index < -0.39 is 0 Å². The van der Waals surface area contributed by atoms with Crippen molar-refractivity contribution in [2.24, 2.45) is 7.05 Å². The summed E-state index contributed by atoms with van der Waals surface area (Å²) in [5, 5.41) is 8.14. The van der Waals surface area contributed by atoms with Gasteiger partial charge in [0.25, 0.3) is 5.91 Å². The van der Waals surface area contributed by atoms with Crippen LogP contribution in [0.25, 0.3) is 10.9 Å². The van der Waals surface area contributed by atoms with Gasteiger partial charge in [0.15, 0.2) is 5.69 Å². The minimum atomic E-state index is -0.129. The molecule has 5 nitrogen and oxygen atoms in total. The zero-order chi connectivity index (χ0) is 13.9. The minimum Gasteiger partial charge on any atom is -0.376 e. The molecule has 1 aromatic heterocycles. The van der Waals surface area contributed by atoms with Crippen LogP contribution < -0.4 is 5.32 Å². The average Bonchev–Trinajstić information content (AvgIpc) is 2.84. The molecule has 1 saturated heterocycles. The highest BCUT2D eigenvalue weighted by atomic mass is 16.5. The highest BCUT2D eigenvalue weighted by Gasteiger charge is 2.18. The molecule has 0 radical (unpaired) electrons. The Hall–Kier alpha value is -1.88. The molecule has 106 valence electrons. The van der Waals surface area contributed by atoms with E-state index in [2.05, 4.69) is 10.4 Å². The molecule has 0 bridgehead atoms. The van der Waals surface area contributed by atoms with E-state index in [1.807, 2.05) is 31.3 Å². The summed E-state index contributed by atoms with van der Waals surface area (Å²) in [5.74, 6) is -0.129. The molecular formula is C15H19N3O2. The first-order valence-electron chi connectivity index (χ1n) is 7.07. The predicted octanol–water partition coefficient (Wildman–Crippen LogP) is 1.87. The monoisotopic (exact) mass is 273 g/mol. The number of nitrogens with zero attached hydrogens (tertiary/aromatic N) is 2. The molecule has 2 heterocycles. The number of aryl methyl sites for hydroxylation is 1. The Morgan fingerprint density at radius 1 is 1.45 bits per heavy atom. The average molecular weight is 273 g/mol. The molecule has 1 aromatic carbocycles. The summed E-state index contributed by atoms with van der Waals surface area (Å²) >= 11 is 0. The number of fused-ring (bicyclic) bond motifs is 1. The summed E-state index contributed by atoms with van der Waals surface area (Å²) < 4.78 is 7.35.